The molecular formula is C15H22N4O. The van der Waals surface area contributed by atoms with E-state index < -0.39 is 6.10 Å². The van der Waals surface area contributed by atoms with Gasteiger partial charge < -0.3 is 5.11 Å². The fraction of sp³-hybridized carbons (Fsp3) is 0.533. The molecule has 1 unspecified atom stereocenters. The third-order valence-electron chi connectivity index (χ3n) is 3.26. The summed E-state index contributed by atoms with van der Waals surface area (Å²) in [5.41, 5.74) is 0.924. The predicted molar refractivity (Wildman–Crippen MR) is 78.0 cm³/mol. The minimum absolute atomic E-state index is 0.116. The fourth-order valence-electron chi connectivity index (χ4n) is 1.97. The molecule has 5 heteroatoms. The summed E-state index contributed by atoms with van der Waals surface area (Å²) in [4.78, 5) is 8.53. The smallest absolute Gasteiger partial charge is 0.181 e. The highest BCUT2D eigenvalue weighted by molar-refractivity contribution is 5.53. The highest BCUT2D eigenvalue weighted by atomic mass is 16.3. The van der Waals surface area contributed by atoms with Crippen LogP contribution in [0.4, 0.5) is 0 Å². The second-order valence-corrected chi connectivity index (χ2v) is 5.30. The molecule has 0 aromatic carbocycles. The van der Waals surface area contributed by atoms with Crippen LogP contribution < -0.4 is 0 Å². The van der Waals surface area contributed by atoms with E-state index in [-0.39, 0.29) is 5.92 Å². The van der Waals surface area contributed by atoms with Crippen LogP contribution in [0.15, 0.2) is 24.5 Å². The number of unbranched alkanes of at least 4 members (excludes halogenated alkanes) is 1. The Morgan fingerprint density at radius 3 is 2.55 bits per heavy atom. The molecule has 2 rings (SSSR count). The van der Waals surface area contributed by atoms with E-state index in [0.29, 0.717) is 11.6 Å². The van der Waals surface area contributed by atoms with Gasteiger partial charge in [-0.05, 0) is 24.5 Å². The SMILES string of the molecule is CCCCn1nc(-c2ccncc2)nc1C(O)C(C)C. The van der Waals surface area contributed by atoms with E-state index in [2.05, 4.69) is 22.0 Å². The summed E-state index contributed by atoms with van der Waals surface area (Å²) in [5, 5.41) is 14.8. The van der Waals surface area contributed by atoms with E-state index >= 15 is 0 Å². The first-order valence-corrected chi connectivity index (χ1v) is 7.16. The lowest BCUT2D eigenvalue weighted by atomic mass is 10.1. The van der Waals surface area contributed by atoms with Crippen LogP contribution in [0.25, 0.3) is 11.4 Å². The molecular weight excluding hydrogens is 252 g/mol. The van der Waals surface area contributed by atoms with Gasteiger partial charge in [-0.15, -0.1) is 0 Å². The average Bonchev–Trinajstić information content (AvgIpc) is 2.89. The molecule has 2 aromatic heterocycles. The van der Waals surface area contributed by atoms with Crippen LogP contribution in [-0.2, 0) is 6.54 Å². The van der Waals surface area contributed by atoms with Gasteiger partial charge in [-0.2, -0.15) is 5.10 Å². The van der Waals surface area contributed by atoms with Gasteiger partial charge in [-0.25, -0.2) is 9.67 Å². The van der Waals surface area contributed by atoms with Gasteiger partial charge in [0.15, 0.2) is 11.6 Å². The molecule has 1 atom stereocenters. The van der Waals surface area contributed by atoms with Crippen LogP contribution in [0.2, 0.25) is 0 Å². The summed E-state index contributed by atoms with van der Waals surface area (Å²) >= 11 is 0. The second kappa shape index (κ2) is 6.61. The van der Waals surface area contributed by atoms with E-state index in [1.165, 1.54) is 0 Å². The van der Waals surface area contributed by atoms with Crippen molar-refractivity contribution in [3.8, 4) is 11.4 Å². The Balaban J connectivity index is 2.36. The second-order valence-electron chi connectivity index (χ2n) is 5.30. The van der Waals surface area contributed by atoms with Gasteiger partial charge in [0, 0.05) is 24.5 Å². The maximum absolute atomic E-state index is 10.3. The van der Waals surface area contributed by atoms with E-state index in [0.717, 1.165) is 24.9 Å². The van der Waals surface area contributed by atoms with Gasteiger partial charge in [-0.3, -0.25) is 4.98 Å². The monoisotopic (exact) mass is 274 g/mol. The lowest BCUT2D eigenvalue weighted by Gasteiger charge is -2.14. The Bertz CT molecular complexity index is 536. The van der Waals surface area contributed by atoms with E-state index in [9.17, 15) is 5.11 Å². The van der Waals surface area contributed by atoms with Crippen molar-refractivity contribution in [3.05, 3.63) is 30.4 Å². The summed E-state index contributed by atoms with van der Waals surface area (Å²) in [7, 11) is 0. The molecule has 0 aliphatic rings. The summed E-state index contributed by atoms with van der Waals surface area (Å²) < 4.78 is 1.84. The van der Waals surface area contributed by atoms with Crippen LogP contribution in [-0.4, -0.2) is 24.9 Å². The van der Waals surface area contributed by atoms with Crippen molar-refractivity contribution in [2.45, 2.75) is 46.3 Å². The molecule has 5 nitrogen and oxygen atoms in total. The Labute approximate surface area is 119 Å². The quantitative estimate of drug-likeness (QED) is 0.879. The Hall–Kier alpha value is -1.75. The maximum atomic E-state index is 10.3. The molecule has 0 aliphatic heterocycles. The minimum Gasteiger partial charge on any atom is -0.385 e. The lowest BCUT2D eigenvalue weighted by molar-refractivity contribution is 0.112. The molecule has 0 aliphatic carbocycles. The first-order chi connectivity index (χ1) is 9.63. The molecule has 0 spiro atoms. The van der Waals surface area contributed by atoms with Crippen molar-refractivity contribution in [1.29, 1.82) is 0 Å². The lowest BCUT2D eigenvalue weighted by Crippen LogP contribution is -2.14. The Morgan fingerprint density at radius 2 is 1.95 bits per heavy atom. The molecule has 20 heavy (non-hydrogen) atoms. The predicted octanol–water partition coefficient (Wildman–Crippen LogP) is 2.83. The van der Waals surface area contributed by atoms with Crippen LogP contribution in [0, 0.1) is 5.92 Å². The van der Waals surface area contributed by atoms with Crippen molar-refractivity contribution in [2.24, 2.45) is 5.92 Å². The number of aromatic nitrogens is 4. The Kier molecular flexibility index (Phi) is 4.84. The van der Waals surface area contributed by atoms with Crippen LogP contribution in [0.3, 0.4) is 0 Å². The van der Waals surface area contributed by atoms with Crippen molar-refractivity contribution < 1.29 is 5.11 Å². The standard InChI is InChI=1S/C15H22N4O/c1-4-5-10-19-15(13(20)11(2)3)17-14(18-19)12-6-8-16-9-7-12/h6-9,11,13,20H,4-5,10H2,1-3H3. The van der Waals surface area contributed by atoms with Crippen LogP contribution in [0.5, 0.6) is 0 Å². The molecule has 0 saturated carbocycles. The Morgan fingerprint density at radius 1 is 1.25 bits per heavy atom. The molecule has 0 radical (unpaired) electrons. The minimum atomic E-state index is -0.588. The number of nitrogens with zero attached hydrogens (tertiary/aromatic N) is 4. The van der Waals surface area contributed by atoms with Gasteiger partial charge in [-0.1, -0.05) is 27.2 Å². The average molecular weight is 274 g/mol. The zero-order valence-corrected chi connectivity index (χ0v) is 12.3. The van der Waals surface area contributed by atoms with Gasteiger partial charge in [0.25, 0.3) is 0 Å². The van der Waals surface area contributed by atoms with Crippen LogP contribution in [0.1, 0.15) is 45.5 Å². The molecule has 1 N–H and O–H groups in total. The fourth-order valence-corrected chi connectivity index (χ4v) is 1.97. The van der Waals surface area contributed by atoms with Gasteiger partial charge >= 0.3 is 0 Å². The third kappa shape index (κ3) is 3.22. The van der Waals surface area contributed by atoms with Crippen molar-refractivity contribution in [3.63, 3.8) is 0 Å². The topological polar surface area (TPSA) is 63.8 Å². The van der Waals surface area contributed by atoms with E-state index in [1.54, 1.807) is 12.4 Å². The van der Waals surface area contributed by atoms with Gasteiger partial charge in [0.2, 0.25) is 0 Å². The maximum Gasteiger partial charge on any atom is 0.181 e. The van der Waals surface area contributed by atoms with Gasteiger partial charge in [0.05, 0.1) is 0 Å². The molecule has 0 fully saturated rings. The van der Waals surface area contributed by atoms with Crippen molar-refractivity contribution in [1.82, 2.24) is 19.7 Å². The molecule has 0 saturated heterocycles. The molecule has 0 amide bonds. The number of aryl methyl sites for hydroxylation is 1. The zero-order valence-electron chi connectivity index (χ0n) is 12.3. The summed E-state index contributed by atoms with van der Waals surface area (Å²) in [6.07, 6.45) is 4.97. The molecule has 2 heterocycles. The summed E-state index contributed by atoms with van der Waals surface area (Å²) in [6, 6.07) is 3.76. The molecule has 2 aromatic rings. The molecule has 108 valence electrons. The van der Waals surface area contributed by atoms with Crippen molar-refractivity contribution in [2.75, 3.05) is 0 Å². The van der Waals surface area contributed by atoms with E-state index in [4.69, 9.17) is 0 Å². The normalized spacial score (nSPS) is 12.8. The third-order valence-corrected chi connectivity index (χ3v) is 3.26. The van der Waals surface area contributed by atoms with E-state index in [1.807, 2.05) is 30.7 Å². The molecule has 0 bridgehead atoms. The largest absolute Gasteiger partial charge is 0.385 e. The van der Waals surface area contributed by atoms with Crippen LogP contribution >= 0.6 is 0 Å². The highest BCUT2D eigenvalue weighted by Gasteiger charge is 2.21. The summed E-state index contributed by atoms with van der Waals surface area (Å²) in [5.74, 6) is 1.42. The summed E-state index contributed by atoms with van der Waals surface area (Å²) in [6.45, 7) is 6.89. The zero-order chi connectivity index (χ0) is 14.5. The number of rotatable bonds is 6. The highest BCUT2D eigenvalue weighted by Crippen LogP contribution is 2.23. The number of pyridine rings is 1. The number of hydrogen-bond donors (Lipinski definition) is 1. The first-order valence-electron chi connectivity index (χ1n) is 7.16. The van der Waals surface area contributed by atoms with Crippen molar-refractivity contribution >= 4 is 0 Å². The number of hydrogen-bond acceptors (Lipinski definition) is 4. The number of aliphatic hydroxyl groups is 1. The van der Waals surface area contributed by atoms with Gasteiger partial charge in [0.1, 0.15) is 6.10 Å². The number of aliphatic hydroxyl groups excluding tert-OH is 1. The first kappa shape index (κ1) is 14.7.